The van der Waals surface area contributed by atoms with Crippen molar-refractivity contribution in [3.63, 3.8) is 0 Å². The fourth-order valence-corrected chi connectivity index (χ4v) is 0.886. The lowest BCUT2D eigenvalue weighted by Crippen LogP contribution is -2.21. The molecule has 0 aliphatic rings. The number of aliphatic hydroxyl groups excluding tert-OH is 1. The number of nitrogens with one attached hydrogen (secondary N) is 1. The molecule has 3 heteroatoms. The van der Waals surface area contributed by atoms with Crippen molar-refractivity contribution in [3.05, 3.63) is 0 Å². The molecule has 1 atom stereocenters. The van der Waals surface area contributed by atoms with Crippen LogP contribution >= 0.6 is 0 Å². The predicted molar refractivity (Wildman–Crippen MR) is 29.6 cm³/mol. The number of hydrogen-bond acceptors (Lipinski definition) is 2. The summed E-state index contributed by atoms with van der Waals surface area (Å²) in [6, 6.07) is 0. The third-order valence-electron chi connectivity index (χ3n) is 0.500. The van der Waals surface area contributed by atoms with Gasteiger partial charge in [0.2, 0.25) is 0 Å². The third-order valence-corrected chi connectivity index (χ3v) is 0.908. The molecule has 0 rings (SSSR count). The second-order valence-electron chi connectivity index (χ2n) is 1.41. The average molecular weight is 105 g/mol. The number of hydrogen-bond donors (Lipinski definition) is 2. The van der Waals surface area contributed by atoms with E-state index in [9.17, 15) is 0 Å². The van der Waals surface area contributed by atoms with Crippen molar-refractivity contribution in [1.82, 2.24) is 4.98 Å². The fraction of sp³-hybridized carbons (Fsp3) is 1.00. The zero-order chi connectivity index (χ0) is 4.99. The van der Waals surface area contributed by atoms with Gasteiger partial charge in [0.1, 0.15) is 0 Å². The van der Waals surface area contributed by atoms with Gasteiger partial charge in [0.25, 0.3) is 0 Å². The lowest BCUT2D eigenvalue weighted by molar-refractivity contribution is 0.199. The van der Waals surface area contributed by atoms with Crippen molar-refractivity contribution in [2.75, 3.05) is 6.54 Å². The van der Waals surface area contributed by atoms with Gasteiger partial charge < -0.3 is 10.1 Å². The van der Waals surface area contributed by atoms with E-state index >= 15 is 0 Å². The quantitative estimate of drug-likeness (QED) is 0.408. The van der Waals surface area contributed by atoms with Crippen LogP contribution in [0.25, 0.3) is 0 Å². The summed E-state index contributed by atoms with van der Waals surface area (Å²) in [4.78, 5) is 2.96. The van der Waals surface area contributed by atoms with Gasteiger partial charge in [0.15, 0.2) is 0 Å². The van der Waals surface area contributed by atoms with E-state index < -0.39 is 0 Å². The summed E-state index contributed by atoms with van der Waals surface area (Å²) in [6.07, 6.45) is -0.178. The van der Waals surface area contributed by atoms with Gasteiger partial charge in [-0.1, -0.05) is 0 Å². The molecule has 0 spiro atoms. The first kappa shape index (κ1) is 6.14. The summed E-state index contributed by atoms with van der Waals surface area (Å²) in [5.74, 6) is 0. The van der Waals surface area contributed by atoms with Crippen LogP contribution in [0.15, 0.2) is 0 Å². The van der Waals surface area contributed by atoms with Crippen molar-refractivity contribution in [3.8, 4) is 0 Å². The van der Waals surface area contributed by atoms with E-state index in [1.165, 1.54) is 0 Å². The third kappa shape index (κ3) is 4.14. The van der Waals surface area contributed by atoms with Crippen molar-refractivity contribution in [2.45, 2.75) is 13.0 Å². The molecular weight excluding hydrogens is 94.1 g/mol. The van der Waals surface area contributed by atoms with Crippen LogP contribution < -0.4 is 4.98 Å². The summed E-state index contributed by atoms with van der Waals surface area (Å²) in [7, 11) is 0.977. The largest absolute Gasteiger partial charge is 0.392 e. The van der Waals surface area contributed by atoms with Crippen molar-refractivity contribution >= 4 is 10.4 Å². The van der Waals surface area contributed by atoms with Crippen LogP contribution in [0.4, 0.5) is 0 Å². The van der Waals surface area contributed by atoms with Crippen LogP contribution in [0.1, 0.15) is 6.92 Å². The highest BCUT2D eigenvalue weighted by molar-refractivity contribution is 6.04. The molecule has 2 nitrogen and oxygen atoms in total. The van der Waals surface area contributed by atoms with E-state index in [1.807, 2.05) is 0 Å². The Kier molecular flexibility index (Phi) is 3.41. The predicted octanol–water partition coefficient (Wildman–Crippen LogP) is -1.76. The highest BCUT2D eigenvalue weighted by Crippen LogP contribution is 1.69. The van der Waals surface area contributed by atoms with E-state index in [2.05, 4.69) is 4.98 Å². The Balaban J connectivity index is 2.63. The van der Waals surface area contributed by atoms with Crippen molar-refractivity contribution < 1.29 is 5.11 Å². The minimum atomic E-state index is -0.178. The first-order chi connectivity index (χ1) is 2.77. The minimum absolute atomic E-state index is 0.178. The fourth-order valence-electron chi connectivity index (χ4n) is 0.295. The van der Waals surface area contributed by atoms with Gasteiger partial charge in [0, 0.05) is 6.54 Å². The summed E-state index contributed by atoms with van der Waals surface area (Å²) in [6.45, 7) is 2.51. The van der Waals surface area contributed by atoms with Crippen molar-refractivity contribution in [1.29, 1.82) is 0 Å². The van der Waals surface area contributed by atoms with E-state index in [4.69, 9.17) is 5.11 Å². The van der Waals surface area contributed by atoms with Crippen LogP contribution in [0.3, 0.4) is 0 Å². The monoisotopic (exact) mass is 105 g/mol. The van der Waals surface area contributed by atoms with E-state index in [1.54, 1.807) is 6.92 Å². The lowest BCUT2D eigenvalue weighted by atomic mass is 10.4. The average Bonchev–Trinajstić information content (AvgIpc) is 1.35. The molecule has 38 valence electrons. The maximum atomic E-state index is 8.51. The Morgan fingerprint density at radius 1 is 2.00 bits per heavy atom. The molecule has 0 aliphatic carbocycles. The highest BCUT2D eigenvalue weighted by atomic mass is 28.2. The van der Waals surface area contributed by atoms with Gasteiger partial charge >= 0.3 is 0 Å². The standard InChI is InChI=1S/C3H11NOSi/c1-3(5)2-4-6/h3-5H,2H2,1,6H3. The van der Waals surface area contributed by atoms with E-state index in [0.717, 1.165) is 16.9 Å². The molecule has 0 aromatic heterocycles. The molecule has 1 unspecified atom stereocenters. The second-order valence-corrected chi connectivity index (χ2v) is 2.11. The Morgan fingerprint density at radius 2 is 2.50 bits per heavy atom. The van der Waals surface area contributed by atoms with Crippen LogP contribution in [-0.2, 0) is 0 Å². The Morgan fingerprint density at radius 3 is 2.50 bits per heavy atom. The smallest absolute Gasteiger partial charge is 0.0750 e. The molecule has 0 amide bonds. The molecular formula is C3H11NOSi. The molecule has 0 fully saturated rings. The van der Waals surface area contributed by atoms with Crippen molar-refractivity contribution in [2.24, 2.45) is 0 Å². The van der Waals surface area contributed by atoms with E-state index in [-0.39, 0.29) is 6.10 Å². The van der Waals surface area contributed by atoms with Crippen LogP contribution in [0, 0.1) is 0 Å². The molecule has 0 bridgehead atoms. The first-order valence-electron chi connectivity index (χ1n) is 2.10. The van der Waals surface area contributed by atoms with E-state index in [0.29, 0.717) is 0 Å². The Labute approximate surface area is 41.1 Å². The normalized spacial score (nSPS) is 15.0. The van der Waals surface area contributed by atoms with Crippen LogP contribution in [0.5, 0.6) is 0 Å². The second kappa shape index (κ2) is 3.33. The van der Waals surface area contributed by atoms with Gasteiger partial charge in [0.05, 0.1) is 16.5 Å². The minimum Gasteiger partial charge on any atom is -0.392 e. The van der Waals surface area contributed by atoms with Crippen LogP contribution in [-0.4, -0.2) is 28.2 Å². The first-order valence-corrected chi connectivity index (χ1v) is 3.10. The summed E-state index contributed by atoms with van der Waals surface area (Å²) < 4.78 is 0. The molecule has 0 saturated carbocycles. The van der Waals surface area contributed by atoms with Gasteiger partial charge in [-0.25, -0.2) is 0 Å². The summed E-state index contributed by atoms with van der Waals surface area (Å²) in [5, 5.41) is 8.51. The zero-order valence-electron chi connectivity index (χ0n) is 4.23. The maximum Gasteiger partial charge on any atom is 0.0750 e. The molecule has 0 aromatic carbocycles. The molecule has 6 heavy (non-hydrogen) atoms. The molecule has 0 aromatic rings. The number of aliphatic hydroxyl groups is 1. The van der Waals surface area contributed by atoms with Gasteiger partial charge in [-0.2, -0.15) is 0 Å². The zero-order valence-corrected chi connectivity index (χ0v) is 6.23. The summed E-state index contributed by atoms with van der Waals surface area (Å²) >= 11 is 0. The van der Waals surface area contributed by atoms with Gasteiger partial charge in [-0.3, -0.25) is 0 Å². The molecule has 0 aliphatic heterocycles. The summed E-state index contributed by atoms with van der Waals surface area (Å²) in [5.41, 5.74) is 0. The highest BCUT2D eigenvalue weighted by Gasteiger charge is 1.86. The van der Waals surface area contributed by atoms with Crippen LogP contribution in [0.2, 0.25) is 0 Å². The molecule has 0 heterocycles. The SMILES string of the molecule is CC(O)CN[SiH3]. The van der Waals surface area contributed by atoms with Gasteiger partial charge in [-0.15, -0.1) is 0 Å². The molecule has 0 radical (unpaired) electrons. The van der Waals surface area contributed by atoms with Gasteiger partial charge in [-0.05, 0) is 6.92 Å². The molecule has 2 N–H and O–H groups in total. The maximum absolute atomic E-state index is 8.51. The number of rotatable bonds is 2. The Hall–Kier alpha value is 0.137. The lowest BCUT2D eigenvalue weighted by Gasteiger charge is -1.98. The Bertz CT molecular complexity index is 32.0. The molecule has 0 saturated heterocycles. The topological polar surface area (TPSA) is 32.3 Å².